The molecule has 2 N–H and O–H groups in total. The van der Waals surface area contributed by atoms with Crippen molar-refractivity contribution in [3.05, 3.63) is 34.6 Å². The molecule has 0 bridgehead atoms. The minimum Gasteiger partial charge on any atom is -0.372 e. The molecule has 0 spiro atoms. The molecular formula is C17H23ClFN3O3. The van der Waals surface area contributed by atoms with Crippen LogP contribution < -0.4 is 5.32 Å². The SMILES string of the molecule is CC(CN(C)C)N1CCC(O)(C(=O)NCc2cc(F)cc(Cl)c2)C1=O. The van der Waals surface area contributed by atoms with Crippen molar-refractivity contribution in [3.63, 3.8) is 0 Å². The molecule has 1 aromatic carbocycles. The van der Waals surface area contributed by atoms with Crippen molar-refractivity contribution in [1.82, 2.24) is 15.1 Å². The lowest BCUT2D eigenvalue weighted by molar-refractivity contribution is -0.155. The van der Waals surface area contributed by atoms with Gasteiger partial charge in [0.2, 0.25) is 5.60 Å². The molecule has 0 aromatic heterocycles. The molecule has 138 valence electrons. The van der Waals surface area contributed by atoms with E-state index in [4.69, 9.17) is 11.6 Å². The normalized spacial score (nSPS) is 21.7. The maximum absolute atomic E-state index is 13.3. The molecule has 2 rings (SSSR count). The summed E-state index contributed by atoms with van der Waals surface area (Å²) in [7, 11) is 3.78. The van der Waals surface area contributed by atoms with Gasteiger partial charge in [0.1, 0.15) is 5.82 Å². The fourth-order valence-electron chi connectivity index (χ4n) is 3.03. The number of benzene rings is 1. The van der Waals surface area contributed by atoms with Gasteiger partial charge in [-0.3, -0.25) is 9.59 Å². The number of hydrogen-bond acceptors (Lipinski definition) is 4. The summed E-state index contributed by atoms with van der Waals surface area (Å²) in [5.41, 5.74) is -1.64. The Morgan fingerprint density at radius 3 is 2.76 bits per heavy atom. The highest BCUT2D eigenvalue weighted by Crippen LogP contribution is 2.25. The number of carbonyl (C=O) groups excluding carboxylic acids is 2. The largest absolute Gasteiger partial charge is 0.372 e. The maximum Gasteiger partial charge on any atom is 0.264 e. The first-order valence-electron chi connectivity index (χ1n) is 8.05. The predicted molar refractivity (Wildman–Crippen MR) is 92.6 cm³/mol. The monoisotopic (exact) mass is 371 g/mol. The zero-order valence-corrected chi connectivity index (χ0v) is 15.3. The number of amides is 2. The van der Waals surface area contributed by atoms with Crippen molar-refractivity contribution in [2.45, 2.75) is 31.5 Å². The van der Waals surface area contributed by atoms with E-state index in [1.54, 1.807) is 0 Å². The molecule has 6 nitrogen and oxygen atoms in total. The molecule has 25 heavy (non-hydrogen) atoms. The Labute approximate surface area is 151 Å². The van der Waals surface area contributed by atoms with Gasteiger partial charge in [-0.25, -0.2) is 4.39 Å². The van der Waals surface area contributed by atoms with Crippen LogP contribution in [-0.2, 0) is 16.1 Å². The van der Waals surface area contributed by atoms with Crippen LogP contribution in [0.25, 0.3) is 0 Å². The summed E-state index contributed by atoms with van der Waals surface area (Å²) in [5, 5.41) is 13.3. The van der Waals surface area contributed by atoms with Crippen LogP contribution in [0.3, 0.4) is 0 Å². The molecule has 1 aliphatic heterocycles. The van der Waals surface area contributed by atoms with Gasteiger partial charge in [0, 0.05) is 37.1 Å². The number of nitrogens with one attached hydrogen (secondary N) is 1. The molecule has 2 unspecified atom stereocenters. The average Bonchev–Trinajstić information content (AvgIpc) is 2.80. The third-order valence-electron chi connectivity index (χ3n) is 4.24. The van der Waals surface area contributed by atoms with Crippen LogP contribution in [-0.4, -0.2) is 65.5 Å². The van der Waals surface area contributed by atoms with Crippen LogP contribution >= 0.6 is 11.6 Å². The van der Waals surface area contributed by atoms with Crippen molar-refractivity contribution >= 4 is 23.4 Å². The molecule has 2 atom stereocenters. The Morgan fingerprint density at radius 1 is 1.48 bits per heavy atom. The number of rotatable bonds is 6. The fourth-order valence-corrected chi connectivity index (χ4v) is 3.27. The van der Waals surface area contributed by atoms with Gasteiger partial charge >= 0.3 is 0 Å². The van der Waals surface area contributed by atoms with Crippen molar-refractivity contribution in [3.8, 4) is 0 Å². The second-order valence-corrected chi connectivity index (χ2v) is 7.12. The number of aliphatic hydroxyl groups is 1. The smallest absolute Gasteiger partial charge is 0.264 e. The standard InChI is InChI=1S/C17H23ClFN3O3/c1-11(10-21(2)3)22-5-4-17(25,16(22)24)15(23)20-9-12-6-13(18)8-14(19)7-12/h6-8,11,25H,4-5,9-10H2,1-3H3,(H,20,23). The van der Waals surface area contributed by atoms with Gasteiger partial charge in [-0.05, 0) is 44.8 Å². The molecule has 1 heterocycles. The lowest BCUT2D eigenvalue weighted by atomic mass is 10.0. The maximum atomic E-state index is 13.3. The molecule has 8 heteroatoms. The van der Waals surface area contributed by atoms with Gasteiger partial charge in [0.25, 0.3) is 11.8 Å². The Hall–Kier alpha value is -1.70. The molecule has 1 aliphatic rings. The predicted octanol–water partition coefficient (Wildman–Crippen LogP) is 1.01. The highest BCUT2D eigenvalue weighted by atomic mass is 35.5. The fraction of sp³-hybridized carbons (Fsp3) is 0.529. The van der Waals surface area contributed by atoms with Gasteiger partial charge in [-0.2, -0.15) is 0 Å². The first-order valence-corrected chi connectivity index (χ1v) is 8.42. The van der Waals surface area contributed by atoms with E-state index in [1.807, 2.05) is 25.9 Å². The second-order valence-electron chi connectivity index (χ2n) is 6.68. The zero-order valence-electron chi connectivity index (χ0n) is 14.6. The summed E-state index contributed by atoms with van der Waals surface area (Å²) in [6.07, 6.45) is 0.0271. The van der Waals surface area contributed by atoms with Crippen LogP contribution in [0.2, 0.25) is 5.02 Å². The summed E-state index contributed by atoms with van der Waals surface area (Å²) in [6, 6.07) is 3.78. The third-order valence-corrected chi connectivity index (χ3v) is 4.46. The molecule has 0 radical (unpaired) electrons. The molecular weight excluding hydrogens is 349 g/mol. The van der Waals surface area contributed by atoms with Crippen LogP contribution in [0, 0.1) is 5.82 Å². The summed E-state index contributed by atoms with van der Waals surface area (Å²) < 4.78 is 13.3. The number of nitrogens with zero attached hydrogens (tertiary/aromatic N) is 2. The number of likely N-dealkylation sites (tertiary alicyclic amines) is 1. The van der Waals surface area contributed by atoms with E-state index in [2.05, 4.69) is 5.32 Å². The summed E-state index contributed by atoms with van der Waals surface area (Å²) >= 11 is 5.77. The van der Waals surface area contributed by atoms with E-state index >= 15 is 0 Å². The molecule has 0 aliphatic carbocycles. The minimum absolute atomic E-state index is 0.0271. The minimum atomic E-state index is -2.09. The summed E-state index contributed by atoms with van der Waals surface area (Å²) in [6.45, 7) is 2.78. The highest BCUT2D eigenvalue weighted by Gasteiger charge is 2.52. The van der Waals surface area contributed by atoms with Gasteiger partial charge in [-0.1, -0.05) is 11.6 Å². The topological polar surface area (TPSA) is 72.9 Å². The lowest BCUT2D eigenvalue weighted by Crippen LogP contribution is -2.54. The van der Waals surface area contributed by atoms with Crippen LogP contribution in [0.1, 0.15) is 18.9 Å². The highest BCUT2D eigenvalue weighted by molar-refractivity contribution is 6.30. The first kappa shape index (κ1) is 19.6. The van der Waals surface area contributed by atoms with Crippen molar-refractivity contribution in [1.29, 1.82) is 0 Å². The number of likely N-dealkylation sites (N-methyl/N-ethyl adjacent to an activating group) is 1. The Morgan fingerprint density at radius 2 is 2.16 bits per heavy atom. The van der Waals surface area contributed by atoms with E-state index in [-0.39, 0.29) is 24.0 Å². The zero-order chi connectivity index (χ0) is 18.8. The van der Waals surface area contributed by atoms with Crippen molar-refractivity contribution in [2.24, 2.45) is 0 Å². The Bertz CT molecular complexity index is 650. The number of hydrogen-bond donors (Lipinski definition) is 2. The molecule has 1 fully saturated rings. The Balaban J connectivity index is 2.02. The molecule has 1 aromatic rings. The second kappa shape index (κ2) is 7.68. The van der Waals surface area contributed by atoms with Crippen LogP contribution in [0.5, 0.6) is 0 Å². The van der Waals surface area contributed by atoms with Crippen LogP contribution in [0.4, 0.5) is 4.39 Å². The van der Waals surface area contributed by atoms with E-state index < -0.39 is 23.2 Å². The van der Waals surface area contributed by atoms with Crippen LogP contribution in [0.15, 0.2) is 18.2 Å². The quantitative estimate of drug-likeness (QED) is 0.732. The average molecular weight is 372 g/mol. The van der Waals surface area contributed by atoms with Gasteiger partial charge in [-0.15, -0.1) is 0 Å². The van der Waals surface area contributed by atoms with Gasteiger partial charge in [0.05, 0.1) is 0 Å². The number of carbonyl (C=O) groups is 2. The van der Waals surface area contributed by atoms with E-state index in [0.29, 0.717) is 18.7 Å². The van der Waals surface area contributed by atoms with Gasteiger partial charge < -0.3 is 20.2 Å². The van der Waals surface area contributed by atoms with Crippen molar-refractivity contribution < 1.29 is 19.1 Å². The van der Waals surface area contributed by atoms with E-state index in [0.717, 1.165) is 6.07 Å². The molecule has 0 saturated carbocycles. The van der Waals surface area contributed by atoms with E-state index in [9.17, 15) is 19.1 Å². The third kappa shape index (κ3) is 4.48. The summed E-state index contributed by atoms with van der Waals surface area (Å²) in [4.78, 5) is 28.3. The Kier molecular flexibility index (Phi) is 6.03. The number of halogens is 2. The lowest BCUT2D eigenvalue weighted by Gasteiger charge is -2.28. The van der Waals surface area contributed by atoms with Crippen molar-refractivity contribution in [2.75, 3.05) is 27.2 Å². The molecule has 2 amide bonds. The van der Waals surface area contributed by atoms with E-state index in [1.165, 1.54) is 17.0 Å². The molecule has 1 saturated heterocycles. The first-order chi connectivity index (χ1) is 11.6. The summed E-state index contributed by atoms with van der Waals surface area (Å²) in [5.74, 6) is -1.90. The van der Waals surface area contributed by atoms with Gasteiger partial charge in [0.15, 0.2) is 0 Å².